The predicted molar refractivity (Wildman–Crippen MR) is 119 cm³/mol. The minimum Gasteiger partial charge on any atom is -0.394 e. The lowest BCUT2D eigenvalue weighted by Gasteiger charge is -2.23. The molecule has 2 fully saturated rings. The van der Waals surface area contributed by atoms with Gasteiger partial charge in [0.25, 0.3) is 11.1 Å². The number of hydrogen-bond acceptors (Lipinski definition) is 10. The van der Waals surface area contributed by atoms with Crippen LogP contribution in [0.4, 0.5) is 0 Å². The number of aliphatic hydroxyl groups excluding tert-OH is 4. The average molecular weight is 570 g/mol. The number of H-pyrrole nitrogens is 2. The van der Waals surface area contributed by atoms with Crippen LogP contribution in [0.15, 0.2) is 43.7 Å². The van der Waals surface area contributed by atoms with E-state index in [-0.39, 0.29) is 19.4 Å². The van der Waals surface area contributed by atoms with Gasteiger partial charge < -0.3 is 29.9 Å². The van der Waals surface area contributed by atoms with E-state index in [1.807, 2.05) is 4.98 Å². The van der Waals surface area contributed by atoms with Crippen molar-refractivity contribution in [2.45, 2.75) is 47.1 Å². The van der Waals surface area contributed by atoms with E-state index in [1.54, 1.807) is 0 Å². The van der Waals surface area contributed by atoms with Crippen LogP contribution in [0.5, 0.6) is 0 Å². The van der Waals surface area contributed by atoms with Crippen LogP contribution in [0.1, 0.15) is 12.8 Å². The molecule has 4 rings (SSSR count). The zero-order chi connectivity index (χ0) is 25.3. The van der Waals surface area contributed by atoms with E-state index in [0.717, 1.165) is 15.2 Å². The predicted octanol–water partition coefficient (Wildman–Crippen LogP) is -2.79. The van der Waals surface area contributed by atoms with Crippen molar-refractivity contribution in [1.82, 2.24) is 19.1 Å². The molecule has 2 aliphatic rings. The maximum absolute atomic E-state index is 11.6. The van der Waals surface area contributed by atoms with E-state index in [0.29, 0.717) is 0 Å². The molecule has 0 spiro atoms. The van der Waals surface area contributed by atoms with Crippen molar-refractivity contribution in [3.63, 3.8) is 0 Å². The third-order valence-electron chi connectivity index (χ3n) is 5.17. The molecule has 0 radical (unpaired) electrons. The van der Waals surface area contributed by atoms with Gasteiger partial charge in [0, 0.05) is 37.4 Å². The topological polar surface area (TPSA) is 209 Å². The molecule has 0 amide bonds. The van der Waals surface area contributed by atoms with Gasteiger partial charge in [-0.1, -0.05) is 11.6 Å². The fraction of sp³-hybridized carbons (Fsp3) is 0.556. The monoisotopic (exact) mass is 568 g/mol. The number of aromatic nitrogens is 4. The third kappa shape index (κ3) is 5.41. The van der Waals surface area contributed by atoms with Crippen LogP contribution in [-0.2, 0) is 19.3 Å². The fourth-order valence-electron chi connectivity index (χ4n) is 3.48. The van der Waals surface area contributed by atoms with Gasteiger partial charge in [-0.05, 0) is 15.9 Å². The number of rotatable bonds is 4. The quantitative estimate of drug-likeness (QED) is 0.209. The minimum atomic E-state index is -1.59. The van der Waals surface area contributed by atoms with Crippen molar-refractivity contribution in [2.75, 3.05) is 13.2 Å². The molecule has 0 aliphatic carbocycles. The van der Waals surface area contributed by atoms with Crippen molar-refractivity contribution >= 4 is 27.5 Å². The van der Waals surface area contributed by atoms with Crippen molar-refractivity contribution in [2.24, 2.45) is 0 Å². The average Bonchev–Trinajstić information content (AvgIpc) is 3.22. The number of nitrogens with one attached hydrogen (secondary N) is 2. The van der Waals surface area contributed by atoms with E-state index >= 15 is 0 Å². The van der Waals surface area contributed by atoms with Crippen LogP contribution in [0.2, 0.25) is 0 Å². The Morgan fingerprint density at radius 1 is 0.912 bits per heavy atom. The third-order valence-corrected chi connectivity index (χ3v) is 6.49. The molecule has 14 nitrogen and oxygen atoms in total. The lowest BCUT2D eigenvalue weighted by atomic mass is 10.2. The van der Waals surface area contributed by atoms with E-state index in [4.69, 9.17) is 31.3 Å². The van der Waals surface area contributed by atoms with E-state index < -0.39 is 63.3 Å². The van der Waals surface area contributed by atoms with Crippen LogP contribution in [0.3, 0.4) is 0 Å². The van der Waals surface area contributed by atoms with Crippen LogP contribution in [-0.4, -0.2) is 77.2 Å². The molecule has 0 saturated carbocycles. The summed E-state index contributed by atoms with van der Waals surface area (Å²) in [5, 5.41) is 35.5. The number of nitrogens with zero attached hydrogens (tertiary/aromatic N) is 2. The van der Waals surface area contributed by atoms with Crippen molar-refractivity contribution in [1.29, 1.82) is 0 Å². The van der Waals surface area contributed by atoms with Gasteiger partial charge in [0.05, 0.1) is 25.4 Å². The van der Waals surface area contributed by atoms with E-state index in [1.165, 1.54) is 18.5 Å². The van der Waals surface area contributed by atoms with Crippen molar-refractivity contribution in [3.05, 3.63) is 66.2 Å². The summed E-state index contributed by atoms with van der Waals surface area (Å²) in [6.45, 7) is -0.764. The van der Waals surface area contributed by atoms with Crippen LogP contribution in [0, 0.1) is 0 Å². The Bertz CT molecular complexity index is 1150. The molecular formula is C18H22BrClN4O10. The normalized spacial score (nSPS) is 32.9. The number of ether oxygens (including phenoxy) is 2. The Kier molecular flexibility index (Phi) is 7.99. The molecule has 16 heteroatoms. The van der Waals surface area contributed by atoms with Crippen LogP contribution >= 0.6 is 27.5 Å². The number of hydrogen-bond donors (Lipinski definition) is 6. The Labute approximate surface area is 203 Å². The molecule has 2 aromatic rings. The van der Waals surface area contributed by atoms with Gasteiger partial charge in [0.1, 0.15) is 12.2 Å². The molecule has 6 atom stereocenters. The van der Waals surface area contributed by atoms with Gasteiger partial charge in [0.2, 0.25) is 9.82 Å². The van der Waals surface area contributed by atoms with Crippen molar-refractivity contribution < 1.29 is 29.9 Å². The Morgan fingerprint density at radius 2 is 1.38 bits per heavy atom. The minimum absolute atomic E-state index is 0.0638. The molecule has 4 heterocycles. The summed E-state index contributed by atoms with van der Waals surface area (Å²) in [4.78, 5) is 49.1. The molecule has 2 saturated heterocycles. The smallest absolute Gasteiger partial charge is 0.331 e. The maximum atomic E-state index is 11.6. The highest BCUT2D eigenvalue weighted by molar-refractivity contribution is 9.09. The fourth-order valence-corrected chi connectivity index (χ4v) is 4.74. The summed E-state index contributed by atoms with van der Waals surface area (Å²) in [5.41, 5.74) is -2.46. The van der Waals surface area contributed by atoms with Gasteiger partial charge in [-0.2, -0.15) is 0 Å². The summed E-state index contributed by atoms with van der Waals surface area (Å²) in [6, 6.07) is 2.29. The summed E-state index contributed by atoms with van der Waals surface area (Å²) in [7, 11) is 0. The second-order valence-electron chi connectivity index (χ2n) is 7.56. The highest BCUT2D eigenvalue weighted by atomic mass is 79.9. The molecule has 6 N–H and O–H groups in total. The first-order valence-corrected chi connectivity index (χ1v) is 11.1. The van der Waals surface area contributed by atoms with Gasteiger partial charge >= 0.3 is 11.4 Å². The number of halogens is 2. The van der Waals surface area contributed by atoms with Crippen LogP contribution < -0.4 is 22.5 Å². The zero-order valence-corrected chi connectivity index (χ0v) is 19.7. The lowest BCUT2D eigenvalue weighted by Crippen LogP contribution is -2.40. The summed E-state index contributed by atoms with van der Waals surface area (Å²) < 4.78 is 11.4. The second kappa shape index (κ2) is 10.2. The van der Waals surface area contributed by atoms with Crippen molar-refractivity contribution in [3.8, 4) is 0 Å². The lowest BCUT2D eigenvalue weighted by molar-refractivity contribution is -0.0692. The maximum Gasteiger partial charge on any atom is 0.331 e. The SMILES string of the molecule is O=c1ccn([C@@]2(Br)C[C@H](O)[C@@H](CO)O2)c(=O)[nH]1.O=c1ccn([C@@]2(Cl)C[C@H](O)[C@@H](CO)O2)c(=O)[nH]1. The van der Waals surface area contributed by atoms with E-state index in [9.17, 15) is 29.4 Å². The first-order valence-electron chi connectivity index (χ1n) is 9.88. The standard InChI is InChI=1S/C9H11BrN2O5.C9H11ClN2O5/c2*10-9(3-5(14)6(4-13)17-9)12-2-1-7(15)11-8(12)16/h2*1-2,5-6,13-14H,3-4H2,(H,11,15,16)/t2*5-,6+,9-/m00/s1. The molecule has 0 bridgehead atoms. The Balaban J connectivity index is 0.000000191. The molecular weight excluding hydrogens is 548 g/mol. The highest BCUT2D eigenvalue weighted by Crippen LogP contribution is 2.39. The van der Waals surface area contributed by atoms with Gasteiger partial charge in [-0.3, -0.25) is 28.7 Å². The van der Waals surface area contributed by atoms with Gasteiger partial charge in [-0.15, -0.1) is 0 Å². The Hall–Kier alpha value is -2.11. The molecule has 34 heavy (non-hydrogen) atoms. The molecule has 0 aromatic carbocycles. The summed E-state index contributed by atoms with van der Waals surface area (Å²) in [6.07, 6.45) is -1.02. The highest BCUT2D eigenvalue weighted by Gasteiger charge is 2.47. The van der Waals surface area contributed by atoms with Gasteiger partial charge in [0.15, 0.2) is 0 Å². The number of alkyl halides is 2. The second-order valence-corrected chi connectivity index (χ2v) is 9.39. The molecule has 2 aliphatic heterocycles. The van der Waals surface area contributed by atoms with E-state index in [2.05, 4.69) is 20.9 Å². The first kappa shape index (κ1) is 26.5. The molecule has 2 aromatic heterocycles. The summed E-state index contributed by atoms with van der Waals surface area (Å²) >= 11 is 9.27. The summed E-state index contributed by atoms with van der Waals surface area (Å²) in [5.74, 6) is 0. The molecule has 0 unspecified atom stereocenters. The molecule has 188 valence electrons. The first-order chi connectivity index (χ1) is 15.9. The largest absolute Gasteiger partial charge is 0.394 e. The van der Waals surface area contributed by atoms with Gasteiger partial charge in [-0.25, -0.2) is 9.59 Å². The van der Waals surface area contributed by atoms with Crippen LogP contribution in [0.25, 0.3) is 0 Å². The zero-order valence-electron chi connectivity index (χ0n) is 17.3. The number of aliphatic hydroxyl groups is 4. The Morgan fingerprint density at radius 3 is 1.82 bits per heavy atom. The number of aromatic amines is 2.